The lowest BCUT2D eigenvalue weighted by Crippen LogP contribution is -2.27. The van der Waals surface area contributed by atoms with Gasteiger partial charge in [0.25, 0.3) is 0 Å². The van der Waals surface area contributed by atoms with Gasteiger partial charge in [-0.1, -0.05) is 6.92 Å². The van der Waals surface area contributed by atoms with E-state index in [9.17, 15) is 4.79 Å². The van der Waals surface area contributed by atoms with Crippen LogP contribution in [-0.4, -0.2) is 40.0 Å². The number of aryl methyl sites for hydroxylation is 1. The van der Waals surface area contributed by atoms with Gasteiger partial charge in [0.1, 0.15) is 11.3 Å². The number of hydrogen-bond donors (Lipinski definition) is 2. The molecule has 2 heterocycles. The number of nitrogens with one attached hydrogen (secondary N) is 1. The lowest BCUT2D eigenvalue weighted by Gasteiger charge is -2.23. The molecule has 164 valence electrons. The number of Topliss-reactive ketones (excluding diaryl/α,β-unsaturated/α-hetero) is 1. The van der Waals surface area contributed by atoms with Gasteiger partial charge in [0.15, 0.2) is 11.4 Å². The highest BCUT2D eigenvalue weighted by Crippen LogP contribution is 2.32. The van der Waals surface area contributed by atoms with Crippen molar-refractivity contribution in [3.63, 3.8) is 0 Å². The van der Waals surface area contributed by atoms with Crippen molar-refractivity contribution >= 4 is 34.4 Å². The van der Waals surface area contributed by atoms with Gasteiger partial charge in [0, 0.05) is 30.9 Å². The monoisotopic (exact) mass is 420 g/mol. The van der Waals surface area contributed by atoms with Crippen molar-refractivity contribution < 1.29 is 4.79 Å². The molecule has 3 aromatic rings. The van der Waals surface area contributed by atoms with Crippen LogP contribution >= 0.6 is 0 Å². The van der Waals surface area contributed by atoms with E-state index in [2.05, 4.69) is 33.8 Å². The molecule has 0 saturated heterocycles. The van der Waals surface area contributed by atoms with Crippen LogP contribution in [0, 0.1) is 5.92 Å². The number of nitrogens with zero attached hydrogens (tertiary/aromatic N) is 4. The van der Waals surface area contributed by atoms with E-state index in [1.54, 1.807) is 6.92 Å². The number of carbonyl (C=O) groups excluding carboxylic acids is 1. The SMILES string of the molecule is CCCN(CC1CC1)c1ccc2nc(Nc3ccc(C(C)=O)cc3)n(CCCN)c2n1. The van der Waals surface area contributed by atoms with E-state index >= 15 is 0 Å². The Morgan fingerprint density at radius 2 is 1.97 bits per heavy atom. The minimum absolute atomic E-state index is 0.0568. The van der Waals surface area contributed by atoms with Crippen molar-refractivity contribution in [3.8, 4) is 0 Å². The van der Waals surface area contributed by atoms with Crippen LogP contribution in [0.5, 0.6) is 0 Å². The minimum Gasteiger partial charge on any atom is -0.356 e. The first-order valence-corrected chi connectivity index (χ1v) is 11.3. The zero-order valence-corrected chi connectivity index (χ0v) is 18.5. The summed E-state index contributed by atoms with van der Waals surface area (Å²) in [5, 5.41) is 3.40. The maximum atomic E-state index is 11.5. The van der Waals surface area contributed by atoms with Crippen molar-refractivity contribution in [1.29, 1.82) is 0 Å². The second-order valence-electron chi connectivity index (χ2n) is 8.39. The number of benzene rings is 1. The molecule has 0 unspecified atom stereocenters. The second kappa shape index (κ2) is 9.47. The maximum Gasteiger partial charge on any atom is 0.209 e. The molecule has 7 nitrogen and oxygen atoms in total. The fourth-order valence-corrected chi connectivity index (χ4v) is 3.82. The van der Waals surface area contributed by atoms with Crippen LogP contribution in [0.25, 0.3) is 11.2 Å². The minimum atomic E-state index is 0.0568. The van der Waals surface area contributed by atoms with Gasteiger partial charge in [0.2, 0.25) is 5.95 Å². The van der Waals surface area contributed by atoms with Gasteiger partial charge >= 0.3 is 0 Å². The first-order chi connectivity index (χ1) is 15.1. The van der Waals surface area contributed by atoms with Crippen molar-refractivity contribution in [2.45, 2.75) is 46.1 Å². The molecule has 1 saturated carbocycles. The van der Waals surface area contributed by atoms with E-state index in [1.165, 1.54) is 12.8 Å². The highest BCUT2D eigenvalue weighted by molar-refractivity contribution is 5.94. The van der Waals surface area contributed by atoms with E-state index in [0.29, 0.717) is 12.1 Å². The molecule has 1 fully saturated rings. The summed E-state index contributed by atoms with van der Waals surface area (Å²) < 4.78 is 2.12. The topological polar surface area (TPSA) is 89.1 Å². The lowest BCUT2D eigenvalue weighted by atomic mass is 10.1. The predicted octanol–water partition coefficient (Wildman–Crippen LogP) is 4.35. The van der Waals surface area contributed by atoms with Crippen LogP contribution < -0.4 is 16.0 Å². The Labute approximate surface area is 183 Å². The van der Waals surface area contributed by atoms with Gasteiger partial charge in [0.05, 0.1) is 0 Å². The Bertz CT molecular complexity index is 1040. The quantitative estimate of drug-likeness (QED) is 0.448. The van der Waals surface area contributed by atoms with Crippen molar-refractivity contribution in [1.82, 2.24) is 14.5 Å². The molecular formula is C24H32N6O. The third-order valence-corrected chi connectivity index (χ3v) is 5.70. The Balaban J connectivity index is 1.66. The van der Waals surface area contributed by atoms with Gasteiger partial charge in [-0.2, -0.15) is 0 Å². The van der Waals surface area contributed by atoms with Crippen molar-refractivity contribution in [3.05, 3.63) is 42.0 Å². The number of carbonyl (C=O) groups is 1. The standard InChI is InChI=1S/C24H32N6O/c1-3-14-29(16-18-5-6-18)22-12-11-21-23(28-22)30(15-4-13-25)24(27-21)26-20-9-7-19(8-10-20)17(2)31/h7-12,18H,3-6,13-16,25H2,1-2H3,(H,26,27). The van der Waals surface area contributed by atoms with Crippen molar-refractivity contribution in [2.24, 2.45) is 11.7 Å². The molecule has 1 aliphatic carbocycles. The Morgan fingerprint density at radius 3 is 2.61 bits per heavy atom. The third-order valence-electron chi connectivity index (χ3n) is 5.70. The van der Waals surface area contributed by atoms with E-state index in [0.717, 1.165) is 67.0 Å². The zero-order chi connectivity index (χ0) is 21.8. The van der Waals surface area contributed by atoms with Gasteiger partial charge in [-0.3, -0.25) is 9.36 Å². The Morgan fingerprint density at radius 1 is 1.19 bits per heavy atom. The molecule has 2 aromatic heterocycles. The maximum absolute atomic E-state index is 11.5. The summed E-state index contributed by atoms with van der Waals surface area (Å²) in [6.45, 7) is 7.23. The number of fused-ring (bicyclic) bond motifs is 1. The molecule has 1 aliphatic rings. The lowest BCUT2D eigenvalue weighted by molar-refractivity contribution is 0.101. The molecule has 0 atom stereocenters. The van der Waals surface area contributed by atoms with Gasteiger partial charge < -0.3 is 16.0 Å². The number of rotatable bonds is 11. The number of ketones is 1. The second-order valence-corrected chi connectivity index (χ2v) is 8.39. The summed E-state index contributed by atoms with van der Waals surface area (Å²) in [6, 6.07) is 11.6. The van der Waals surface area contributed by atoms with Crippen molar-refractivity contribution in [2.75, 3.05) is 29.9 Å². The molecule has 3 N–H and O–H groups in total. The highest BCUT2D eigenvalue weighted by Gasteiger charge is 2.25. The number of hydrogen-bond acceptors (Lipinski definition) is 6. The van der Waals surface area contributed by atoms with Crippen LogP contribution in [0.3, 0.4) is 0 Å². The number of anilines is 3. The normalized spacial score (nSPS) is 13.5. The summed E-state index contributed by atoms with van der Waals surface area (Å²) in [7, 11) is 0. The molecule has 4 rings (SSSR count). The molecule has 1 aromatic carbocycles. The van der Waals surface area contributed by atoms with Crippen LogP contribution in [0.1, 0.15) is 49.9 Å². The summed E-state index contributed by atoms with van der Waals surface area (Å²) in [5.41, 5.74) is 9.13. The highest BCUT2D eigenvalue weighted by atomic mass is 16.1. The fraction of sp³-hybridized carbons (Fsp3) is 0.458. The van der Waals surface area contributed by atoms with Crippen LogP contribution in [0.4, 0.5) is 17.5 Å². The molecule has 0 amide bonds. The average molecular weight is 421 g/mol. The summed E-state index contributed by atoms with van der Waals surface area (Å²) in [5.74, 6) is 2.63. The Hall–Kier alpha value is -2.93. The molecule has 7 heteroatoms. The summed E-state index contributed by atoms with van der Waals surface area (Å²) in [4.78, 5) is 23.8. The molecule has 0 bridgehead atoms. The number of imidazole rings is 1. The molecule has 0 spiro atoms. The molecule has 0 radical (unpaired) electrons. The van der Waals surface area contributed by atoms with Gasteiger partial charge in [-0.05, 0) is 81.5 Å². The number of nitrogens with two attached hydrogens (primary N) is 1. The summed E-state index contributed by atoms with van der Waals surface area (Å²) in [6.07, 6.45) is 4.60. The number of pyridine rings is 1. The van der Waals surface area contributed by atoms with Crippen LogP contribution in [-0.2, 0) is 6.54 Å². The predicted molar refractivity (Wildman–Crippen MR) is 126 cm³/mol. The van der Waals surface area contributed by atoms with Gasteiger partial charge in [-0.25, -0.2) is 9.97 Å². The summed E-state index contributed by atoms with van der Waals surface area (Å²) >= 11 is 0. The molecule has 0 aliphatic heterocycles. The first-order valence-electron chi connectivity index (χ1n) is 11.3. The van der Waals surface area contributed by atoms with E-state index in [1.807, 2.05) is 24.3 Å². The van der Waals surface area contributed by atoms with Crippen LogP contribution in [0.2, 0.25) is 0 Å². The average Bonchev–Trinajstić information content (AvgIpc) is 3.52. The smallest absolute Gasteiger partial charge is 0.209 e. The van der Waals surface area contributed by atoms with E-state index in [-0.39, 0.29) is 5.78 Å². The fourth-order valence-electron chi connectivity index (χ4n) is 3.82. The molecular weight excluding hydrogens is 388 g/mol. The third kappa shape index (κ3) is 5.05. The zero-order valence-electron chi connectivity index (χ0n) is 18.5. The first kappa shape index (κ1) is 21.3. The largest absolute Gasteiger partial charge is 0.356 e. The van der Waals surface area contributed by atoms with Gasteiger partial charge in [-0.15, -0.1) is 0 Å². The number of aromatic nitrogens is 3. The Kier molecular flexibility index (Phi) is 6.51. The molecule has 31 heavy (non-hydrogen) atoms. The van der Waals surface area contributed by atoms with E-state index < -0.39 is 0 Å². The van der Waals surface area contributed by atoms with Crippen LogP contribution in [0.15, 0.2) is 36.4 Å². The van der Waals surface area contributed by atoms with E-state index in [4.69, 9.17) is 15.7 Å².